The predicted molar refractivity (Wildman–Crippen MR) is 119 cm³/mol. The summed E-state index contributed by atoms with van der Waals surface area (Å²) in [5.74, 6) is -3.03. The summed E-state index contributed by atoms with van der Waals surface area (Å²) in [5, 5.41) is 21.2. The predicted octanol–water partition coefficient (Wildman–Crippen LogP) is 3.97. The van der Waals surface area contributed by atoms with E-state index in [0.29, 0.717) is 17.1 Å². The second-order valence-corrected chi connectivity index (χ2v) is 7.29. The van der Waals surface area contributed by atoms with E-state index in [1.807, 2.05) is 31.2 Å². The van der Waals surface area contributed by atoms with Gasteiger partial charge in [-0.1, -0.05) is 29.8 Å². The number of carboxylic acids is 2. The summed E-state index contributed by atoms with van der Waals surface area (Å²) in [6, 6.07) is 16.1. The maximum Gasteiger partial charge on any atom is 0.336 e. The summed E-state index contributed by atoms with van der Waals surface area (Å²) in [4.78, 5) is 48.2. The Kier molecular flexibility index (Phi) is 6.88. The van der Waals surface area contributed by atoms with Gasteiger partial charge < -0.3 is 20.3 Å². The van der Waals surface area contributed by atoms with E-state index >= 15 is 0 Å². The fourth-order valence-corrected chi connectivity index (χ4v) is 3.21. The number of benzene rings is 3. The van der Waals surface area contributed by atoms with Gasteiger partial charge in [0.1, 0.15) is 11.5 Å². The normalized spacial score (nSPS) is 10.4. The molecule has 3 N–H and O–H groups in total. The van der Waals surface area contributed by atoms with Crippen molar-refractivity contribution < 1.29 is 34.1 Å². The SMILES string of the molecule is CNC(=O)c1cc(C(=O)O)c(C(=O)Cc2ccc(Oc3ccc(C)cc3)cc2)cc1C(=O)O. The maximum absolute atomic E-state index is 12.9. The molecule has 0 bridgehead atoms. The second kappa shape index (κ2) is 9.78. The van der Waals surface area contributed by atoms with Crippen LogP contribution in [0.1, 0.15) is 52.6 Å². The number of nitrogens with one attached hydrogen (secondary N) is 1. The third-order valence-corrected chi connectivity index (χ3v) is 4.94. The molecule has 0 unspecified atom stereocenters. The van der Waals surface area contributed by atoms with Crippen LogP contribution in [0.5, 0.6) is 11.5 Å². The van der Waals surface area contributed by atoms with Gasteiger partial charge in [0.05, 0.1) is 16.7 Å². The molecule has 0 aliphatic heterocycles. The van der Waals surface area contributed by atoms with Crippen molar-refractivity contribution in [2.45, 2.75) is 13.3 Å². The number of hydrogen-bond acceptors (Lipinski definition) is 5. The Morgan fingerprint density at radius 2 is 1.24 bits per heavy atom. The van der Waals surface area contributed by atoms with Gasteiger partial charge in [-0.3, -0.25) is 9.59 Å². The molecule has 0 aromatic heterocycles. The molecule has 0 saturated carbocycles. The van der Waals surface area contributed by atoms with Crippen LogP contribution in [-0.4, -0.2) is 40.9 Å². The topological polar surface area (TPSA) is 130 Å². The molecule has 0 aliphatic rings. The first kappa shape index (κ1) is 23.2. The van der Waals surface area contributed by atoms with Gasteiger partial charge in [0.25, 0.3) is 5.91 Å². The van der Waals surface area contributed by atoms with Crippen molar-refractivity contribution in [2.24, 2.45) is 0 Å². The number of Topliss-reactive ketones (excluding diaryl/α,β-unsaturated/α-hetero) is 1. The Morgan fingerprint density at radius 1 is 0.758 bits per heavy atom. The number of carboxylic acid groups (broad SMARTS) is 2. The zero-order chi connectivity index (χ0) is 24.1. The molecule has 168 valence electrons. The number of rotatable bonds is 8. The standard InChI is InChI=1S/C25H21NO7/c1-14-3-7-16(8-4-14)33-17-9-5-15(6-10-17)11-22(27)18-12-21(25(31)32)19(23(28)26-2)13-20(18)24(29)30/h3-10,12-13H,11H2,1-2H3,(H,26,28)(H,29,30)(H,31,32). The van der Waals surface area contributed by atoms with Crippen LogP contribution in [0.4, 0.5) is 0 Å². The molecule has 0 saturated heterocycles. The number of carbonyl (C=O) groups excluding carboxylic acids is 2. The third kappa shape index (κ3) is 5.43. The summed E-state index contributed by atoms with van der Waals surface area (Å²) < 4.78 is 5.75. The molecule has 8 heteroatoms. The quantitative estimate of drug-likeness (QED) is 0.446. The molecule has 0 heterocycles. The van der Waals surface area contributed by atoms with Crippen LogP contribution < -0.4 is 10.1 Å². The lowest BCUT2D eigenvalue weighted by molar-refractivity contribution is 0.0676. The van der Waals surface area contributed by atoms with Crippen molar-refractivity contribution in [1.29, 1.82) is 0 Å². The molecule has 0 fully saturated rings. The summed E-state index contributed by atoms with van der Waals surface area (Å²) in [5.41, 5.74) is 0.169. The van der Waals surface area contributed by atoms with Gasteiger partial charge in [-0.15, -0.1) is 0 Å². The number of aryl methyl sites for hydroxylation is 1. The van der Waals surface area contributed by atoms with E-state index < -0.39 is 34.8 Å². The average molecular weight is 447 g/mol. The molecule has 33 heavy (non-hydrogen) atoms. The summed E-state index contributed by atoms with van der Waals surface area (Å²) in [7, 11) is 1.29. The van der Waals surface area contributed by atoms with Crippen molar-refractivity contribution in [3.63, 3.8) is 0 Å². The van der Waals surface area contributed by atoms with Crippen LogP contribution in [0.2, 0.25) is 0 Å². The van der Waals surface area contributed by atoms with E-state index in [-0.39, 0.29) is 17.5 Å². The molecule has 0 radical (unpaired) electrons. The number of carbonyl (C=O) groups is 4. The number of aromatic carboxylic acids is 2. The van der Waals surface area contributed by atoms with E-state index in [2.05, 4.69) is 5.32 Å². The van der Waals surface area contributed by atoms with Gasteiger partial charge in [0.2, 0.25) is 0 Å². The van der Waals surface area contributed by atoms with Gasteiger partial charge in [-0.2, -0.15) is 0 Å². The van der Waals surface area contributed by atoms with E-state index in [9.17, 15) is 29.4 Å². The Morgan fingerprint density at radius 3 is 1.76 bits per heavy atom. The van der Waals surface area contributed by atoms with Crippen LogP contribution in [0.15, 0.2) is 60.7 Å². The summed E-state index contributed by atoms with van der Waals surface area (Å²) in [6.07, 6.45) is -0.163. The summed E-state index contributed by atoms with van der Waals surface area (Å²) >= 11 is 0. The van der Waals surface area contributed by atoms with Gasteiger partial charge in [0.15, 0.2) is 5.78 Å². The highest BCUT2D eigenvalue weighted by molar-refractivity contribution is 6.12. The van der Waals surface area contributed by atoms with E-state index in [1.54, 1.807) is 24.3 Å². The lowest BCUT2D eigenvalue weighted by Gasteiger charge is -2.12. The fraction of sp³-hybridized carbons (Fsp3) is 0.120. The van der Waals surface area contributed by atoms with Gasteiger partial charge in [-0.05, 0) is 48.9 Å². The third-order valence-electron chi connectivity index (χ3n) is 4.94. The Labute approximate surface area is 189 Å². The minimum absolute atomic E-state index is 0.163. The van der Waals surface area contributed by atoms with Crippen molar-refractivity contribution in [1.82, 2.24) is 5.32 Å². The zero-order valence-corrected chi connectivity index (χ0v) is 17.9. The molecular weight excluding hydrogens is 426 g/mol. The monoisotopic (exact) mass is 447 g/mol. The number of amides is 1. The highest BCUT2D eigenvalue weighted by Gasteiger charge is 2.25. The minimum Gasteiger partial charge on any atom is -0.478 e. The molecule has 8 nitrogen and oxygen atoms in total. The highest BCUT2D eigenvalue weighted by atomic mass is 16.5. The van der Waals surface area contributed by atoms with Gasteiger partial charge in [0, 0.05) is 19.0 Å². The minimum atomic E-state index is -1.45. The Bertz CT molecular complexity index is 1230. The van der Waals surface area contributed by atoms with Gasteiger partial charge in [-0.25, -0.2) is 9.59 Å². The van der Waals surface area contributed by atoms with E-state index in [1.165, 1.54) is 7.05 Å². The highest BCUT2D eigenvalue weighted by Crippen LogP contribution is 2.24. The summed E-state index contributed by atoms with van der Waals surface area (Å²) in [6.45, 7) is 1.97. The molecule has 1 amide bonds. The first-order valence-electron chi connectivity index (χ1n) is 9.93. The molecular formula is C25H21NO7. The van der Waals surface area contributed by atoms with Crippen molar-refractivity contribution in [3.05, 3.63) is 94.0 Å². The second-order valence-electron chi connectivity index (χ2n) is 7.29. The largest absolute Gasteiger partial charge is 0.478 e. The van der Waals surface area contributed by atoms with Crippen molar-refractivity contribution >= 4 is 23.6 Å². The van der Waals surface area contributed by atoms with E-state index in [0.717, 1.165) is 17.7 Å². The van der Waals surface area contributed by atoms with Crippen LogP contribution in [-0.2, 0) is 6.42 Å². The number of ketones is 1. The van der Waals surface area contributed by atoms with Crippen LogP contribution in [0.25, 0.3) is 0 Å². The van der Waals surface area contributed by atoms with Crippen LogP contribution in [0, 0.1) is 6.92 Å². The maximum atomic E-state index is 12.9. The van der Waals surface area contributed by atoms with Gasteiger partial charge >= 0.3 is 11.9 Å². The zero-order valence-electron chi connectivity index (χ0n) is 17.9. The molecule has 3 rings (SSSR count). The Hall–Kier alpha value is -4.46. The molecule has 0 spiro atoms. The van der Waals surface area contributed by atoms with Crippen molar-refractivity contribution in [2.75, 3.05) is 7.05 Å². The molecule has 3 aromatic carbocycles. The average Bonchev–Trinajstić information content (AvgIpc) is 2.80. The number of ether oxygens (including phenoxy) is 1. The van der Waals surface area contributed by atoms with Crippen LogP contribution >= 0.6 is 0 Å². The van der Waals surface area contributed by atoms with Crippen molar-refractivity contribution in [3.8, 4) is 11.5 Å². The van der Waals surface area contributed by atoms with Crippen LogP contribution in [0.3, 0.4) is 0 Å². The lowest BCUT2D eigenvalue weighted by Crippen LogP contribution is -2.23. The first-order chi connectivity index (χ1) is 15.7. The molecule has 3 aromatic rings. The Balaban J connectivity index is 1.86. The number of hydrogen-bond donors (Lipinski definition) is 3. The smallest absolute Gasteiger partial charge is 0.336 e. The van der Waals surface area contributed by atoms with E-state index in [4.69, 9.17) is 4.74 Å². The fourth-order valence-electron chi connectivity index (χ4n) is 3.21. The lowest BCUT2D eigenvalue weighted by atomic mass is 9.93. The molecule has 0 aliphatic carbocycles. The first-order valence-corrected chi connectivity index (χ1v) is 9.93. The molecule has 0 atom stereocenters.